The van der Waals surface area contributed by atoms with Gasteiger partial charge < -0.3 is 5.32 Å². The van der Waals surface area contributed by atoms with Crippen molar-refractivity contribution in [2.24, 2.45) is 5.92 Å². The third-order valence-corrected chi connectivity index (χ3v) is 5.42. The van der Waals surface area contributed by atoms with Crippen LogP contribution in [0.2, 0.25) is 0 Å². The van der Waals surface area contributed by atoms with Crippen molar-refractivity contribution >= 4 is 21.7 Å². The molecule has 8 heteroatoms. The van der Waals surface area contributed by atoms with Crippen molar-refractivity contribution < 1.29 is 13.2 Å². The maximum atomic E-state index is 12.4. The van der Waals surface area contributed by atoms with Crippen LogP contribution >= 0.6 is 0 Å². The summed E-state index contributed by atoms with van der Waals surface area (Å²) in [5.41, 5.74) is 0. The van der Waals surface area contributed by atoms with E-state index < -0.39 is 10.0 Å². The number of sulfonamides is 1. The average Bonchev–Trinajstić information content (AvgIpc) is 2.93. The van der Waals surface area contributed by atoms with Crippen LogP contribution < -0.4 is 5.32 Å². The van der Waals surface area contributed by atoms with Crippen molar-refractivity contribution in [2.75, 3.05) is 24.7 Å². The number of rotatable bonds is 5. The van der Waals surface area contributed by atoms with Crippen LogP contribution in [0.4, 0.5) is 5.82 Å². The van der Waals surface area contributed by atoms with Crippen LogP contribution in [0.5, 0.6) is 0 Å². The number of nitrogens with one attached hydrogen (secondary N) is 1. The summed E-state index contributed by atoms with van der Waals surface area (Å²) in [6.07, 6.45) is 5.16. The number of carbonyl (C=O) groups is 1. The van der Waals surface area contributed by atoms with Gasteiger partial charge in [0.15, 0.2) is 0 Å². The van der Waals surface area contributed by atoms with Gasteiger partial charge in [0.1, 0.15) is 5.82 Å². The molecule has 124 valence electrons. The Morgan fingerprint density at radius 1 is 1.55 bits per heavy atom. The van der Waals surface area contributed by atoms with Gasteiger partial charge in [-0.3, -0.25) is 4.79 Å². The lowest BCUT2D eigenvalue weighted by Crippen LogP contribution is -2.43. The van der Waals surface area contributed by atoms with Crippen LogP contribution in [0.25, 0.3) is 0 Å². The first-order chi connectivity index (χ1) is 10.3. The summed E-state index contributed by atoms with van der Waals surface area (Å²) < 4.78 is 26.4. The summed E-state index contributed by atoms with van der Waals surface area (Å²) >= 11 is 0. The average molecular weight is 328 g/mol. The van der Waals surface area contributed by atoms with Crippen LogP contribution in [0.1, 0.15) is 39.2 Å². The van der Waals surface area contributed by atoms with Crippen molar-refractivity contribution in [3.8, 4) is 0 Å². The fourth-order valence-electron chi connectivity index (χ4n) is 2.62. The number of piperidine rings is 1. The van der Waals surface area contributed by atoms with Crippen LogP contribution in [0.3, 0.4) is 0 Å². The van der Waals surface area contributed by atoms with E-state index in [4.69, 9.17) is 0 Å². The van der Waals surface area contributed by atoms with Crippen LogP contribution in [-0.2, 0) is 14.8 Å². The fraction of sp³-hybridized carbons (Fsp3) is 0.714. The molecule has 22 heavy (non-hydrogen) atoms. The molecule has 2 unspecified atom stereocenters. The summed E-state index contributed by atoms with van der Waals surface area (Å²) in [6.45, 7) is 4.84. The Labute approximate surface area is 131 Å². The molecule has 0 aliphatic carbocycles. The predicted octanol–water partition coefficient (Wildman–Crippen LogP) is 1.46. The molecule has 0 spiro atoms. The standard InChI is InChI=1S/C14H24N4O3S/c1-4-11(2)18-13(7-8-15-18)16-14(19)12-6-5-9-17(10-12)22(3,20)21/h7-8,11-12H,4-6,9-10H2,1-3H3,(H,16,19). The van der Waals surface area contributed by atoms with Crippen molar-refractivity contribution in [1.29, 1.82) is 0 Å². The highest BCUT2D eigenvalue weighted by Crippen LogP contribution is 2.22. The first kappa shape index (κ1) is 17.0. The molecular formula is C14H24N4O3S. The quantitative estimate of drug-likeness (QED) is 0.887. The third-order valence-electron chi connectivity index (χ3n) is 4.15. The minimum atomic E-state index is -3.24. The molecule has 0 bridgehead atoms. The minimum absolute atomic E-state index is 0.140. The summed E-state index contributed by atoms with van der Waals surface area (Å²) in [5.74, 6) is 0.206. The van der Waals surface area contributed by atoms with E-state index in [-0.39, 0.29) is 24.4 Å². The third kappa shape index (κ3) is 3.86. The van der Waals surface area contributed by atoms with Crippen LogP contribution in [0.15, 0.2) is 12.3 Å². The van der Waals surface area contributed by atoms with Gasteiger partial charge in [-0.2, -0.15) is 5.10 Å². The maximum Gasteiger partial charge on any atom is 0.229 e. The highest BCUT2D eigenvalue weighted by atomic mass is 32.2. The number of amides is 1. The first-order valence-electron chi connectivity index (χ1n) is 7.62. The molecule has 1 aliphatic heterocycles. The van der Waals surface area contributed by atoms with Crippen molar-refractivity contribution in [1.82, 2.24) is 14.1 Å². The molecule has 0 aromatic carbocycles. The number of carbonyl (C=O) groups excluding carboxylic acids is 1. The Bertz CT molecular complexity index is 626. The smallest absolute Gasteiger partial charge is 0.229 e. The van der Waals surface area contributed by atoms with Gasteiger partial charge in [-0.05, 0) is 26.2 Å². The monoisotopic (exact) mass is 328 g/mol. The number of hydrogen-bond acceptors (Lipinski definition) is 4. The summed E-state index contributed by atoms with van der Waals surface area (Å²) in [4.78, 5) is 12.4. The van der Waals surface area contributed by atoms with Crippen molar-refractivity contribution in [3.05, 3.63) is 12.3 Å². The number of anilines is 1. The Kier molecular flexibility index (Phi) is 5.23. The van der Waals surface area contributed by atoms with E-state index in [0.717, 1.165) is 6.42 Å². The number of aromatic nitrogens is 2. The van der Waals surface area contributed by atoms with E-state index in [1.807, 2.05) is 6.92 Å². The molecule has 7 nitrogen and oxygen atoms in total. The Morgan fingerprint density at radius 3 is 2.91 bits per heavy atom. The van der Waals surface area contributed by atoms with Gasteiger partial charge >= 0.3 is 0 Å². The Morgan fingerprint density at radius 2 is 2.27 bits per heavy atom. The van der Waals surface area contributed by atoms with Gasteiger partial charge in [-0.15, -0.1) is 0 Å². The zero-order valence-corrected chi connectivity index (χ0v) is 14.1. The highest BCUT2D eigenvalue weighted by molar-refractivity contribution is 7.88. The molecule has 1 saturated heterocycles. The van der Waals surface area contributed by atoms with E-state index in [9.17, 15) is 13.2 Å². The molecule has 1 amide bonds. The molecule has 2 atom stereocenters. The number of nitrogens with zero attached hydrogens (tertiary/aromatic N) is 3. The summed E-state index contributed by atoms with van der Waals surface area (Å²) in [7, 11) is -3.24. The highest BCUT2D eigenvalue weighted by Gasteiger charge is 2.30. The summed E-state index contributed by atoms with van der Waals surface area (Å²) in [6, 6.07) is 1.96. The maximum absolute atomic E-state index is 12.4. The first-order valence-corrected chi connectivity index (χ1v) is 9.47. The molecule has 1 aromatic rings. The van der Waals surface area contributed by atoms with Gasteiger partial charge in [0.05, 0.1) is 24.4 Å². The van der Waals surface area contributed by atoms with E-state index in [1.165, 1.54) is 10.6 Å². The van der Waals surface area contributed by atoms with Gasteiger partial charge in [-0.25, -0.2) is 17.4 Å². The molecule has 1 fully saturated rings. The molecule has 1 aliphatic rings. The van der Waals surface area contributed by atoms with Crippen LogP contribution in [0, 0.1) is 5.92 Å². The zero-order chi connectivity index (χ0) is 16.3. The molecule has 2 rings (SSSR count). The molecule has 2 heterocycles. The van der Waals surface area contributed by atoms with E-state index in [2.05, 4.69) is 17.3 Å². The normalized spacial score (nSPS) is 21.5. The Hall–Kier alpha value is -1.41. The molecule has 1 N–H and O–H groups in total. The van der Waals surface area contributed by atoms with E-state index in [1.54, 1.807) is 16.9 Å². The van der Waals surface area contributed by atoms with Gasteiger partial charge in [0, 0.05) is 19.2 Å². The van der Waals surface area contributed by atoms with Gasteiger partial charge in [-0.1, -0.05) is 6.92 Å². The summed E-state index contributed by atoms with van der Waals surface area (Å²) in [5, 5.41) is 7.12. The Balaban J connectivity index is 2.05. The minimum Gasteiger partial charge on any atom is -0.311 e. The van der Waals surface area contributed by atoms with E-state index >= 15 is 0 Å². The predicted molar refractivity (Wildman–Crippen MR) is 85.0 cm³/mol. The van der Waals surface area contributed by atoms with Gasteiger partial charge in [0.25, 0.3) is 0 Å². The molecular weight excluding hydrogens is 304 g/mol. The largest absolute Gasteiger partial charge is 0.311 e. The molecule has 0 radical (unpaired) electrons. The second-order valence-corrected chi connectivity index (χ2v) is 7.85. The van der Waals surface area contributed by atoms with Gasteiger partial charge in [0.2, 0.25) is 15.9 Å². The van der Waals surface area contributed by atoms with Crippen molar-refractivity contribution in [3.63, 3.8) is 0 Å². The van der Waals surface area contributed by atoms with Crippen molar-refractivity contribution in [2.45, 2.75) is 39.2 Å². The SMILES string of the molecule is CCC(C)n1nccc1NC(=O)C1CCCN(S(C)(=O)=O)C1. The number of hydrogen-bond donors (Lipinski definition) is 1. The molecule has 1 aromatic heterocycles. The lowest BCUT2D eigenvalue weighted by Gasteiger charge is -2.30. The fourth-order valence-corrected chi connectivity index (χ4v) is 3.53. The molecule has 0 saturated carbocycles. The lowest BCUT2D eigenvalue weighted by molar-refractivity contribution is -0.120. The second-order valence-electron chi connectivity index (χ2n) is 5.87. The topological polar surface area (TPSA) is 84.3 Å². The second kappa shape index (κ2) is 6.78. The van der Waals surface area contributed by atoms with Crippen LogP contribution in [-0.4, -0.2) is 47.8 Å². The zero-order valence-electron chi connectivity index (χ0n) is 13.3. The van der Waals surface area contributed by atoms with E-state index in [0.29, 0.717) is 25.2 Å². The lowest BCUT2D eigenvalue weighted by atomic mass is 9.99.